The van der Waals surface area contributed by atoms with E-state index in [0.29, 0.717) is 30.3 Å². The minimum atomic E-state index is -0.209. The molecule has 0 fully saturated rings. The highest BCUT2D eigenvalue weighted by atomic mass is 16.5. The molecule has 30 heavy (non-hydrogen) atoms. The SMILES string of the molecule is COCCOc1cc(C)ccc1NC(=O)c1nn(-c2ccc(C)cc2)c2c1CCC2. The Morgan fingerprint density at radius 1 is 1.07 bits per heavy atom. The second kappa shape index (κ2) is 8.71. The molecule has 0 radical (unpaired) electrons. The maximum absolute atomic E-state index is 13.2. The van der Waals surface area contributed by atoms with E-state index in [2.05, 4.69) is 24.4 Å². The lowest BCUT2D eigenvalue weighted by molar-refractivity contribution is 0.102. The summed E-state index contributed by atoms with van der Waals surface area (Å²) < 4.78 is 12.8. The molecule has 1 aromatic heterocycles. The van der Waals surface area contributed by atoms with E-state index < -0.39 is 0 Å². The lowest BCUT2D eigenvalue weighted by Crippen LogP contribution is -2.16. The largest absolute Gasteiger partial charge is 0.489 e. The van der Waals surface area contributed by atoms with Crippen LogP contribution in [0.3, 0.4) is 0 Å². The molecule has 4 rings (SSSR count). The smallest absolute Gasteiger partial charge is 0.276 e. The molecule has 0 atom stereocenters. The number of hydrogen-bond donors (Lipinski definition) is 1. The standard InChI is InChI=1S/C24H27N3O3/c1-16-7-10-18(11-8-16)27-21-6-4-5-19(21)23(26-27)24(28)25-20-12-9-17(2)15-22(20)30-14-13-29-3/h7-12,15H,4-6,13-14H2,1-3H3,(H,25,28). The Morgan fingerprint density at radius 2 is 1.83 bits per heavy atom. The van der Waals surface area contributed by atoms with Crippen LogP contribution in [0, 0.1) is 13.8 Å². The number of aryl methyl sites for hydroxylation is 2. The number of ether oxygens (including phenoxy) is 2. The summed E-state index contributed by atoms with van der Waals surface area (Å²) in [6, 6.07) is 14.0. The van der Waals surface area contributed by atoms with Gasteiger partial charge in [-0.1, -0.05) is 23.8 Å². The molecule has 1 heterocycles. The van der Waals surface area contributed by atoms with Crippen LogP contribution in [0.15, 0.2) is 42.5 Å². The zero-order valence-corrected chi connectivity index (χ0v) is 17.7. The molecule has 6 nitrogen and oxygen atoms in total. The van der Waals surface area contributed by atoms with Crippen LogP contribution in [0.1, 0.15) is 39.3 Å². The number of carbonyl (C=O) groups excluding carboxylic acids is 1. The van der Waals surface area contributed by atoms with Crippen LogP contribution < -0.4 is 10.1 Å². The van der Waals surface area contributed by atoms with E-state index in [4.69, 9.17) is 14.6 Å². The van der Waals surface area contributed by atoms with Gasteiger partial charge < -0.3 is 14.8 Å². The van der Waals surface area contributed by atoms with Gasteiger partial charge in [0.05, 0.1) is 18.0 Å². The molecular formula is C24H27N3O3. The third-order valence-electron chi connectivity index (χ3n) is 5.35. The van der Waals surface area contributed by atoms with Crippen LogP contribution in [-0.2, 0) is 17.6 Å². The Bertz CT molecular complexity index is 1050. The van der Waals surface area contributed by atoms with Crippen molar-refractivity contribution in [1.29, 1.82) is 0 Å². The third-order valence-corrected chi connectivity index (χ3v) is 5.35. The molecule has 0 unspecified atom stereocenters. The molecule has 0 spiro atoms. The highest BCUT2D eigenvalue weighted by molar-refractivity contribution is 6.05. The Labute approximate surface area is 176 Å². The minimum Gasteiger partial charge on any atom is -0.489 e. The molecule has 0 saturated heterocycles. The van der Waals surface area contributed by atoms with Crippen LogP contribution in [0.2, 0.25) is 0 Å². The quantitative estimate of drug-likeness (QED) is 0.597. The van der Waals surface area contributed by atoms with Gasteiger partial charge >= 0.3 is 0 Å². The average Bonchev–Trinajstić information content (AvgIpc) is 3.33. The molecule has 3 aromatic rings. The van der Waals surface area contributed by atoms with E-state index in [1.165, 1.54) is 5.56 Å². The van der Waals surface area contributed by atoms with Crippen LogP contribution in [0.4, 0.5) is 5.69 Å². The monoisotopic (exact) mass is 405 g/mol. The first-order valence-electron chi connectivity index (χ1n) is 10.3. The lowest BCUT2D eigenvalue weighted by Gasteiger charge is -2.13. The van der Waals surface area contributed by atoms with Gasteiger partial charge in [-0.3, -0.25) is 4.79 Å². The zero-order valence-electron chi connectivity index (χ0n) is 17.7. The van der Waals surface area contributed by atoms with Gasteiger partial charge in [0, 0.05) is 18.4 Å². The summed E-state index contributed by atoms with van der Waals surface area (Å²) in [5, 5.41) is 7.70. The lowest BCUT2D eigenvalue weighted by atomic mass is 10.1. The van der Waals surface area contributed by atoms with Crippen molar-refractivity contribution < 1.29 is 14.3 Å². The predicted octanol–water partition coefficient (Wildman–Crippen LogP) is 4.26. The van der Waals surface area contributed by atoms with E-state index in [9.17, 15) is 4.79 Å². The first-order chi connectivity index (χ1) is 14.6. The van der Waals surface area contributed by atoms with E-state index in [0.717, 1.165) is 41.8 Å². The van der Waals surface area contributed by atoms with Crippen molar-refractivity contribution in [2.75, 3.05) is 25.6 Å². The Morgan fingerprint density at radius 3 is 2.60 bits per heavy atom. The number of carbonyl (C=O) groups is 1. The molecule has 156 valence electrons. The maximum atomic E-state index is 13.2. The third kappa shape index (κ3) is 4.09. The number of aromatic nitrogens is 2. The van der Waals surface area contributed by atoms with Crippen LogP contribution >= 0.6 is 0 Å². The first kappa shape index (κ1) is 20.2. The van der Waals surface area contributed by atoms with Gasteiger partial charge in [0.2, 0.25) is 0 Å². The second-order valence-electron chi connectivity index (χ2n) is 7.67. The van der Waals surface area contributed by atoms with E-state index >= 15 is 0 Å². The van der Waals surface area contributed by atoms with Crippen molar-refractivity contribution in [2.45, 2.75) is 33.1 Å². The van der Waals surface area contributed by atoms with Crippen molar-refractivity contribution in [3.63, 3.8) is 0 Å². The van der Waals surface area contributed by atoms with Gasteiger partial charge in [-0.15, -0.1) is 0 Å². The Kier molecular flexibility index (Phi) is 5.86. The molecule has 6 heteroatoms. The molecule has 1 amide bonds. The molecule has 0 saturated carbocycles. The van der Waals surface area contributed by atoms with Gasteiger partial charge in [-0.05, 0) is 62.9 Å². The second-order valence-corrected chi connectivity index (χ2v) is 7.67. The molecule has 0 bridgehead atoms. The van der Waals surface area contributed by atoms with E-state index in [-0.39, 0.29) is 5.91 Å². The van der Waals surface area contributed by atoms with E-state index in [1.54, 1.807) is 7.11 Å². The average molecular weight is 405 g/mol. The molecular weight excluding hydrogens is 378 g/mol. The number of benzene rings is 2. The summed E-state index contributed by atoms with van der Waals surface area (Å²) in [6.07, 6.45) is 2.84. The maximum Gasteiger partial charge on any atom is 0.276 e. The summed E-state index contributed by atoms with van der Waals surface area (Å²) in [7, 11) is 1.63. The fraction of sp³-hybridized carbons (Fsp3) is 0.333. The summed E-state index contributed by atoms with van der Waals surface area (Å²) in [5.74, 6) is 0.425. The van der Waals surface area contributed by atoms with Crippen LogP contribution in [0.25, 0.3) is 5.69 Å². The predicted molar refractivity (Wildman–Crippen MR) is 117 cm³/mol. The van der Waals surface area contributed by atoms with Gasteiger partial charge in [-0.2, -0.15) is 5.10 Å². The highest BCUT2D eigenvalue weighted by Crippen LogP contribution is 2.30. The van der Waals surface area contributed by atoms with Gasteiger partial charge in [0.15, 0.2) is 5.69 Å². The van der Waals surface area contributed by atoms with Crippen molar-refractivity contribution >= 4 is 11.6 Å². The summed E-state index contributed by atoms with van der Waals surface area (Å²) in [5.41, 5.74) is 6.54. The van der Waals surface area contributed by atoms with Crippen molar-refractivity contribution in [3.8, 4) is 11.4 Å². The van der Waals surface area contributed by atoms with Crippen molar-refractivity contribution in [2.24, 2.45) is 0 Å². The molecule has 1 aliphatic carbocycles. The number of hydrogen-bond acceptors (Lipinski definition) is 4. The van der Waals surface area contributed by atoms with Crippen molar-refractivity contribution in [1.82, 2.24) is 9.78 Å². The number of methoxy groups -OCH3 is 1. The van der Waals surface area contributed by atoms with Gasteiger partial charge in [0.1, 0.15) is 12.4 Å². The summed E-state index contributed by atoms with van der Waals surface area (Å²) >= 11 is 0. The highest BCUT2D eigenvalue weighted by Gasteiger charge is 2.27. The topological polar surface area (TPSA) is 65.4 Å². The van der Waals surface area contributed by atoms with Gasteiger partial charge in [0.25, 0.3) is 5.91 Å². The fourth-order valence-corrected chi connectivity index (χ4v) is 3.79. The molecule has 0 aliphatic heterocycles. The Balaban J connectivity index is 1.62. The zero-order chi connectivity index (χ0) is 21.1. The molecule has 2 aromatic carbocycles. The fourth-order valence-electron chi connectivity index (χ4n) is 3.79. The van der Waals surface area contributed by atoms with E-state index in [1.807, 2.05) is 41.9 Å². The summed E-state index contributed by atoms with van der Waals surface area (Å²) in [6.45, 7) is 4.95. The van der Waals surface area contributed by atoms with Crippen LogP contribution in [0.5, 0.6) is 5.75 Å². The normalized spacial score (nSPS) is 12.6. The molecule has 1 aliphatic rings. The number of fused-ring (bicyclic) bond motifs is 1. The summed E-state index contributed by atoms with van der Waals surface area (Å²) in [4.78, 5) is 13.2. The number of amides is 1. The Hall–Kier alpha value is -3.12. The van der Waals surface area contributed by atoms with Gasteiger partial charge in [-0.25, -0.2) is 4.68 Å². The van der Waals surface area contributed by atoms with Crippen LogP contribution in [-0.4, -0.2) is 36.0 Å². The van der Waals surface area contributed by atoms with Crippen molar-refractivity contribution in [3.05, 3.63) is 70.5 Å². The molecule has 1 N–H and O–H groups in total. The first-order valence-corrected chi connectivity index (χ1v) is 10.3. The number of anilines is 1. The number of nitrogens with one attached hydrogen (secondary N) is 1. The number of nitrogens with zero attached hydrogens (tertiary/aromatic N) is 2. The minimum absolute atomic E-state index is 0.209. The number of rotatable bonds is 7.